The van der Waals surface area contributed by atoms with Crippen LogP contribution < -0.4 is 5.73 Å². The van der Waals surface area contributed by atoms with Gasteiger partial charge < -0.3 is 0 Å². The molecule has 0 saturated heterocycles. The first-order valence-electron chi connectivity index (χ1n) is 4.34. The summed E-state index contributed by atoms with van der Waals surface area (Å²) in [7, 11) is 0. The Morgan fingerprint density at radius 2 is 2.40 bits per heavy atom. The molecule has 0 aliphatic rings. The van der Waals surface area contributed by atoms with Crippen molar-refractivity contribution in [2.75, 3.05) is 5.75 Å². The van der Waals surface area contributed by atoms with Crippen LogP contribution in [0.4, 0.5) is 0 Å². The van der Waals surface area contributed by atoms with Crippen molar-refractivity contribution in [3.8, 4) is 0 Å². The maximum atomic E-state index is 10.1. The molecule has 0 aromatic rings. The fraction of sp³-hybridized carbons (Fsp3) is 0.200. The number of carbonyl (C=O) groups excluding carboxylic acids is 1. The molecular formula is C10H13BN2OS. The molecule has 3 nitrogen and oxygen atoms in total. The van der Waals surface area contributed by atoms with Gasteiger partial charge >= 0.3 is 94.4 Å². The zero-order chi connectivity index (χ0) is 11.5. The second-order valence-electron chi connectivity index (χ2n) is 2.41. The number of nitrogens with zero attached hydrogens (tertiary/aromatic N) is 1. The molecule has 0 saturated carbocycles. The van der Waals surface area contributed by atoms with Gasteiger partial charge in [-0.3, -0.25) is 0 Å². The average molecular weight is 220 g/mol. The van der Waals surface area contributed by atoms with Crippen LogP contribution in [0, 0.1) is 0 Å². The molecule has 2 N–H and O–H groups in total. The third-order valence-corrected chi connectivity index (χ3v) is 2.15. The second-order valence-corrected chi connectivity index (χ2v) is 3.55. The summed E-state index contributed by atoms with van der Waals surface area (Å²) in [5.74, 6) is 0.658. The molecule has 0 aliphatic heterocycles. The van der Waals surface area contributed by atoms with Crippen molar-refractivity contribution in [3.05, 3.63) is 29.0 Å². The Kier molecular flexibility index (Phi) is 8.44. The second kappa shape index (κ2) is 9.25. The first-order valence-corrected chi connectivity index (χ1v) is 5.32. The van der Waals surface area contributed by atoms with Crippen LogP contribution in [0.25, 0.3) is 0 Å². The molecule has 0 aromatic carbocycles. The summed E-state index contributed by atoms with van der Waals surface area (Å²) < 4.78 is 0. The summed E-state index contributed by atoms with van der Waals surface area (Å²) >= 11 is 1.37. The summed E-state index contributed by atoms with van der Waals surface area (Å²) in [6.07, 6.45) is 4.32. The molecule has 0 aliphatic carbocycles. The average Bonchev–Trinajstić information content (AvgIpc) is 2.24. The van der Waals surface area contributed by atoms with Crippen LogP contribution in [-0.2, 0) is 4.79 Å². The fourth-order valence-corrected chi connectivity index (χ4v) is 1.29. The van der Waals surface area contributed by atoms with Crippen LogP contribution in [-0.4, -0.2) is 31.6 Å². The number of hydrogen-bond acceptors (Lipinski definition) is 4. The van der Waals surface area contributed by atoms with Crippen LogP contribution in [0.3, 0.4) is 0 Å². The number of aliphatic imine (C=N–C) groups is 1. The van der Waals surface area contributed by atoms with Gasteiger partial charge in [-0.05, 0) is 0 Å². The Balaban J connectivity index is 4.52. The molecule has 0 bridgehead atoms. The summed E-state index contributed by atoms with van der Waals surface area (Å²) in [6, 6.07) is 0. The summed E-state index contributed by atoms with van der Waals surface area (Å²) in [6.45, 7) is 8.65. The topological polar surface area (TPSA) is 55.5 Å². The SMILES string of the molecule is C=BC(=C=C(N)SCCC=O)C=NC=C. The maximum absolute atomic E-state index is 10.1. The first kappa shape index (κ1) is 13.7. The van der Waals surface area contributed by atoms with E-state index in [1.165, 1.54) is 18.0 Å². The quantitative estimate of drug-likeness (QED) is 0.228. The molecule has 0 atom stereocenters. The summed E-state index contributed by atoms with van der Waals surface area (Å²) in [5, 5.41) is 0.516. The summed E-state index contributed by atoms with van der Waals surface area (Å²) in [5.41, 5.74) is 9.25. The minimum absolute atomic E-state index is 0.483. The van der Waals surface area contributed by atoms with Crippen LogP contribution >= 0.6 is 11.8 Å². The van der Waals surface area contributed by atoms with E-state index in [0.29, 0.717) is 22.7 Å². The Labute approximate surface area is 94.7 Å². The molecule has 0 fully saturated rings. The van der Waals surface area contributed by atoms with Gasteiger partial charge in [-0.25, -0.2) is 0 Å². The monoisotopic (exact) mass is 220 g/mol. The molecule has 5 heteroatoms. The molecular weight excluding hydrogens is 207 g/mol. The van der Waals surface area contributed by atoms with E-state index in [-0.39, 0.29) is 0 Å². The Hall–Kier alpha value is -1.32. The number of nitrogens with two attached hydrogens (primary N) is 1. The van der Waals surface area contributed by atoms with Crippen molar-refractivity contribution in [3.63, 3.8) is 0 Å². The Morgan fingerprint density at radius 3 is 2.93 bits per heavy atom. The van der Waals surface area contributed by atoms with Crippen LogP contribution in [0.1, 0.15) is 6.42 Å². The molecule has 0 heterocycles. The number of carbonyl (C=O) groups is 1. The van der Waals surface area contributed by atoms with Crippen LogP contribution in [0.15, 0.2) is 34.0 Å². The number of allylic oxidation sites excluding steroid dienone is 1. The van der Waals surface area contributed by atoms with E-state index in [0.717, 1.165) is 6.29 Å². The number of aldehydes is 1. The van der Waals surface area contributed by atoms with E-state index < -0.39 is 0 Å². The van der Waals surface area contributed by atoms with Gasteiger partial charge in [-0.2, -0.15) is 0 Å². The van der Waals surface area contributed by atoms with E-state index in [9.17, 15) is 4.79 Å². The first-order chi connectivity index (χ1) is 7.24. The molecule has 0 rings (SSSR count). The van der Waals surface area contributed by atoms with Crippen molar-refractivity contribution in [1.29, 1.82) is 0 Å². The standard InChI is InChI=1S/C10H13BN2OS/c1-3-13-8-9(11-2)7-10(12)15-6-4-5-14/h3,5,8H,1-2,4,6,12H2. The third-order valence-electron chi connectivity index (χ3n) is 1.30. The fourth-order valence-electron chi connectivity index (χ4n) is 0.664. The van der Waals surface area contributed by atoms with Crippen molar-refractivity contribution in [2.24, 2.45) is 10.7 Å². The molecule has 0 radical (unpaired) electrons. The van der Waals surface area contributed by atoms with E-state index in [2.05, 4.69) is 23.8 Å². The van der Waals surface area contributed by atoms with Gasteiger partial charge in [-0.15, -0.1) is 0 Å². The zero-order valence-corrected chi connectivity index (χ0v) is 9.30. The van der Waals surface area contributed by atoms with E-state index >= 15 is 0 Å². The van der Waals surface area contributed by atoms with Gasteiger partial charge in [0.15, 0.2) is 0 Å². The van der Waals surface area contributed by atoms with Crippen molar-refractivity contribution in [2.45, 2.75) is 6.42 Å². The predicted octanol–water partition coefficient (Wildman–Crippen LogP) is 0.942. The molecule has 0 aromatic heterocycles. The van der Waals surface area contributed by atoms with Crippen LogP contribution in [0.2, 0.25) is 0 Å². The van der Waals surface area contributed by atoms with Gasteiger partial charge in [0.1, 0.15) is 0 Å². The number of rotatable bonds is 7. The van der Waals surface area contributed by atoms with E-state index in [1.807, 2.05) is 0 Å². The van der Waals surface area contributed by atoms with Gasteiger partial charge in [-0.1, -0.05) is 0 Å². The van der Waals surface area contributed by atoms with Gasteiger partial charge in [0.25, 0.3) is 0 Å². The van der Waals surface area contributed by atoms with Crippen LogP contribution in [0.5, 0.6) is 0 Å². The predicted molar refractivity (Wildman–Crippen MR) is 69.4 cm³/mol. The van der Waals surface area contributed by atoms with Gasteiger partial charge in [0.05, 0.1) is 0 Å². The van der Waals surface area contributed by atoms with E-state index in [1.54, 1.807) is 13.1 Å². The molecule has 0 amide bonds. The van der Waals surface area contributed by atoms with Crippen molar-refractivity contribution in [1.82, 2.24) is 0 Å². The Morgan fingerprint density at radius 1 is 1.67 bits per heavy atom. The van der Waals surface area contributed by atoms with E-state index in [4.69, 9.17) is 5.73 Å². The third kappa shape index (κ3) is 7.73. The normalized spacial score (nSPS) is 9.07. The summed E-state index contributed by atoms with van der Waals surface area (Å²) in [4.78, 5) is 13.9. The molecule has 0 unspecified atom stereocenters. The zero-order valence-electron chi connectivity index (χ0n) is 8.48. The molecule has 15 heavy (non-hydrogen) atoms. The van der Waals surface area contributed by atoms with Gasteiger partial charge in [0.2, 0.25) is 0 Å². The number of hydrogen-bond donors (Lipinski definition) is 1. The molecule has 0 spiro atoms. The minimum atomic E-state index is 0.483. The Bertz CT molecular complexity index is 330. The number of thioether (sulfide) groups is 1. The van der Waals surface area contributed by atoms with Crippen molar-refractivity contribution >= 4 is 37.7 Å². The molecule has 78 valence electrons. The van der Waals surface area contributed by atoms with Gasteiger partial charge in [0, 0.05) is 0 Å². The van der Waals surface area contributed by atoms with Crippen molar-refractivity contribution < 1.29 is 4.79 Å².